The molecule has 3 rings (SSSR count). The van der Waals surface area contributed by atoms with Crippen LogP contribution in [0.2, 0.25) is 0 Å². The Balaban J connectivity index is 2.15. The Morgan fingerprint density at radius 1 is 1.25 bits per heavy atom. The average molecular weight is 363 g/mol. The van der Waals surface area contributed by atoms with Crippen LogP contribution in [0, 0.1) is 0 Å². The van der Waals surface area contributed by atoms with E-state index in [9.17, 15) is 0 Å². The molecule has 128 valence electrons. The van der Waals surface area contributed by atoms with Gasteiger partial charge >= 0.3 is 153 Å². The Bertz CT molecular complexity index is 685. The van der Waals surface area contributed by atoms with Crippen molar-refractivity contribution in [3.8, 4) is 0 Å². The van der Waals surface area contributed by atoms with E-state index in [0.717, 1.165) is 28.7 Å². The van der Waals surface area contributed by atoms with Gasteiger partial charge in [-0.15, -0.1) is 0 Å². The molecule has 1 aliphatic heterocycles. The van der Waals surface area contributed by atoms with Gasteiger partial charge in [-0.25, -0.2) is 0 Å². The van der Waals surface area contributed by atoms with Gasteiger partial charge in [0.05, 0.1) is 0 Å². The fourth-order valence-electron chi connectivity index (χ4n) is 3.33. The van der Waals surface area contributed by atoms with Crippen molar-refractivity contribution in [1.82, 2.24) is 5.06 Å². The van der Waals surface area contributed by atoms with Crippen LogP contribution < -0.4 is 0 Å². The molecule has 2 aliphatic rings. The molecule has 0 amide bonds. The van der Waals surface area contributed by atoms with Crippen molar-refractivity contribution in [3.05, 3.63) is 58.9 Å². The quantitative estimate of drug-likeness (QED) is 0.788. The summed E-state index contributed by atoms with van der Waals surface area (Å²) in [6, 6.07) is 10.5. The Morgan fingerprint density at radius 2 is 1.96 bits per heavy atom. The van der Waals surface area contributed by atoms with Crippen molar-refractivity contribution in [2.45, 2.75) is 51.6 Å². The topological polar surface area (TPSA) is 21.7 Å². The summed E-state index contributed by atoms with van der Waals surface area (Å²) in [5.74, 6) is 0.965. The molecule has 1 aromatic carbocycles. The first-order chi connectivity index (χ1) is 11.4. The van der Waals surface area contributed by atoms with E-state index in [1.807, 2.05) is 6.07 Å². The molecule has 1 unspecified atom stereocenters. The van der Waals surface area contributed by atoms with E-state index in [1.54, 1.807) is 7.11 Å². The van der Waals surface area contributed by atoms with Gasteiger partial charge in [-0.1, -0.05) is 0 Å². The number of rotatable bonds is 4. The number of nitrogens with zero attached hydrogens (tertiary/aromatic N) is 1. The van der Waals surface area contributed by atoms with Gasteiger partial charge in [0, 0.05) is 0 Å². The summed E-state index contributed by atoms with van der Waals surface area (Å²) in [5.41, 5.74) is 3.47. The van der Waals surface area contributed by atoms with Gasteiger partial charge in [0.1, 0.15) is 0 Å². The third-order valence-electron chi connectivity index (χ3n) is 4.46. The van der Waals surface area contributed by atoms with Gasteiger partial charge in [-0.2, -0.15) is 0 Å². The second-order valence-electron chi connectivity index (χ2n) is 7.26. The molecule has 4 heteroatoms. The summed E-state index contributed by atoms with van der Waals surface area (Å²) in [6.45, 7) is 6.54. The normalized spacial score (nSPS) is 21.8. The molecule has 0 aromatic heterocycles. The number of hydrogen-bond donors (Lipinski definition) is 0. The van der Waals surface area contributed by atoms with Crippen LogP contribution in [0.25, 0.3) is 0 Å². The Morgan fingerprint density at radius 3 is 2.50 bits per heavy atom. The Labute approximate surface area is 152 Å². The fourth-order valence-corrected chi connectivity index (χ4v) is 3.65. The monoisotopic (exact) mass is 363 g/mol. The van der Waals surface area contributed by atoms with Gasteiger partial charge < -0.3 is 0 Å². The molecule has 0 radical (unpaired) electrons. The first kappa shape index (κ1) is 17.6. The second-order valence-corrected chi connectivity index (χ2v) is 7.84. The molecule has 0 saturated carbocycles. The van der Waals surface area contributed by atoms with Crippen LogP contribution in [-0.2, 0) is 25.4 Å². The number of hydroxylamine groups is 2. The molecule has 24 heavy (non-hydrogen) atoms. The molecular weight excluding hydrogens is 338 g/mol. The molecule has 0 bridgehead atoms. The number of allylic oxidation sites excluding steroid dienone is 2. The summed E-state index contributed by atoms with van der Waals surface area (Å²) in [5, 5.41) is 2.10. The Kier molecular flexibility index (Phi) is 5.13. The third-order valence-corrected chi connectivity index (χ3v) is 5.06. The van der Waals surface area contributed by atoms with E-state index in [2.05, 4.69) is 72.0 Å². The zero-order chi connectivity index (χ0) is 17.3. The third kappa shape index (κ3) is 3.30. The van der Waals surface area contributed by atoms with Crippen molar-refractivity contribution < 1.29 is 25.4 Å². The maximum atomic E-state index is 6.44. The minimum absolute atomic E-state index is 0.0129. The van der Waals surface area contributed by atoms with Gasteiger partial charge in [-0.3, -0.25) is 0 Å². The van der Waals surface area contributed by atoms with Gasteiger partial charge in [-0.05, 0) is 0 Å². The fraction of sp³-hybridized carbons (Fsp3) is 0.450. The summed E-state index contributed by atoms with van der Waals surface area (Å²) in [7, 11) is 1.71. The van der Waals surface area contributed by atoms with Crippen molar-refractivity contribution in [2.24, 2.45) is 0 Å². The molecule has 0 N–H and O–H groups in total. The molecule has 0 fully saturated rings. The van der Waals surface area contributed by atoms with Gasteiger partial charge in [0.25, 0.3) is 0 Å². The number of hydrogen-bond acceptors (Lipinski definition) is 3. The summed E-state index contributed by atoms with van der Waals surface area (Å²) in [4.78, 5) is 6.44. The Hall–Kier alpha value is -1.18. The van der Waals surface area contributed by atoms with Gasteiger partial charge in [0.2, 0.25) is 0 Å². The molecule has 0 saturated heterocycles. The van der Waals surface area contributed by atoms with Crippen molar-refractivity contribution in [2.75, 3.05) is 7.11 Å². The number of benzene rings is 1. The molecule has 1 atom stereocenters. The SMILES string of the molecule is CO[C](=[Cr])C1=C(C2=CCCC2)ON(C(C)(C)C)C1c1ccccc1. The average Bonchev–Trinajstić information content (AvgIpc) is 3.21. The zero-order valence-electron chi connectivity index (χ0n) is 14.8. The van der Waals surface area contributed by atoms with Crippen LogP contribution in [0.1, 0.15) is 51.6 Å². The first-order valence-corrected chi connectivity index (χ1v) is 9.11. The molecule has 0 spiro atoms. The van der Waals surface area contributed by atoms with Crippen LogP contribution >= 0.6 is 0 Å². The van der Waals surface area contributed by atoms with Crippen LogP contribution in [0.3, 0.4) is 0 Å². The van der Waals surface area contributed by atoms with Crippen LogP contribution in [0.15, 0.2) is 53.3 Å². The second kappa shape index (κ2) is 6.98. The summed E-state index contributed by atoms with van der Waals surface area (Å²) in [6.07, 6.45) is 5.68. The van der Waals surface area contributed by atoms with E-state index < -0.39 is 0 Å². The van der Waals surface area contributed by atoms with Crippen LogP contribution in [0.5, 0.6) is 0 Å². The van der Waals surface area contributed by atoms with Crippen molar-refractivity contribution >= 4 is 4.57 Å². The molecular formula is C20H25CrNO2. The molecule has 1 aliphatic carbocycles. The summed E-state index contributed by atoms with van der Waals surface area (Å²) >= 11 is 3.10. The van der Waals surface area contributed by atoms with Crippen molar-refractivity contribution in [1.29, 1.82) is 0 Å². The van der Waals surface area contributed by atoms with Crippen LogP contribution in [0.4, 0.5) is 0 Å². The minimum atomic E-state index is -0.138. The van der Waals surface area contributed by atoms with E-state index in [0.29, 0.717) is 0 Å². The zero-order valence-corrected chi connectivity index (χ0v) is 16.1. The molecule has 1 heterocycles. The van der Waals surface area contributed by atoms with Crippen LogP contribution in [-0.4, -0.2) is 22.3 Å². The number of methoxy groups -OCH3 is 1. The maximum absolute atomic E-state index is 6.44. The standard InChI is InChI=1S/C20H25NO2.Cr/c1-20(2,3)21-18(15-10-6-5-7-11-15)17(14-22-4)19(23-21)16-12-8-9-13-16;/h5-7,10-12,18H,8-9,13H2,1-4H3;. The van der Waals surface area contributed by atoms with E-state index in [1.165, 1.54) is 17.6 Å². The van der Waals surface area contributed by atoms with E-state index >= 15 is 0 Å². The summed E-state index contributed by atoms with van der Waals surface area (Å²) < 4.78 is 6.41. The first-order valence-electron chi connectivity index (χ1n) is 8.47. The van der Waals surface area contributed by atoms with Gasteiger partial charge in [0.15, 0.2) is 0 Å². The molecule has 3 nitrogen and oxygen atoms in total. The van der Waals surface area contributed by atoms with E-state index in [4.69, 9.17) is 9.57 Å². The molecule has 1 aromatic rings. The van der Waals surface area contributed by atoms with E-state index in [-0.39, 0.29) is 11.6 Å². The predicted molar refractivity (Wildman–Crippen MR) is 92.8 cm³/mol. The predicted octanol–water partition coefficient (Wildman–Crippen LogP) is 4.46. The van der Waals surface area contributed by atoms with Crippen molar-refractivity contribution in [3.63, 3.8) is 0 Å². The number of ether oxygens (including phenoxy) is 1.